The number of rotatable bonds is 9. The third-order valence-electron chi connectivity index (χ3n) is 5.48. The first-order chi connectivity index (χ1) is 17.7. The number of nitrogens with zero attached hydrogens (tertiary/aromatic N) is 3. The molecule has 3 heterocycles. The Morgan fingerprint density at radius 2 is 0.676 bits per heavy atom. The highest BCUT2D eigenvalue weighted by molar-refractivity contribution is 6.24. The first-order valence-electron chi connectivity index (χ1n) is 13.6. The summed E-state index contributed by atoms with van der Waals surface area (Å²) >= 11 is 0. The second kappa shape index (κ2) is 22.6. The van der Waals surface area contributed by atoms with E-state index >= 15 is 0 Å². The van der Waals surface area contributed by atoms with Gasteiger partial charge >= 0.3 is 0 Å². The van der Waals surface area contributed by atoms with Crippen molar-refractivity contribution in [3.05, 3.63) is 90.3 Å². The average molecular weight is 510 g/mol. The minimum absolute atomic E-state index is 1.15. The summed E-state index contributed by atoms with van der Waals surface area (Å²) in [5.74, 6) is 0. The molecular formula is C30H48BN3O3. The molecule has 0 radical (unpaired) electrons. The zero-order chi connectivity index (χ0) is 27.9. The molecule has 0 aromatic carbocycles. The van der Waals surface area contributed by atoms with E-state index in [1.165, 1.54) is 55.2 Å². The molecule has 204 valence electrons. The number of pyridine rings is 3. The van der Waals surface area contributed by atoms with Crippen LogP contribution in [0.4, 0.5) is 0 Å². The highest BCUT2D eigenvalue weighted by Crippen LogP contribution is 1.93. The van der Waals surface area contributed by atoms with Gasteiger partial charge in [-0.3, -0.25) is 7.32 Å². The maximum absolute atomic E-state index is 8.42. The molecule has 3 aromatic heterocycles. The van der Waals surface area contributed by atoms with Crippen molar-refractivity contribution in [2.45, 2.75) is 99.7 Å². The Balaban J connectivity index is 0.000000490. The molecule has 7 heteroatoms. The minimum atomic E-state index is -2.92. The Bertz CT molecular complexity index is 782. The van der Waals surface area contributed by atoms with E-state index in [0.717, 1.165) is 19.6 Å². The van der Waals surface area contributed by atoms with E-state index in [1.54, 1.807) is 0 Å². The maximum atomic E-state index is 8.42. The Labute approximate surface area is 226 Å². The first-order valence-corrected chi connectivity index (χ1v) is 13.6. The maximum Gasteiger partial charge on any atom is 0.169 e. The quantitative estimate of drug-likeness (QED) is 0.328. The van der Waals surface area contributed by atoms with Gasteiger partial charge in [0.15, 0.2) is 37.2 Å². The Hall–Kier alpha value is -2.61. The molecule has 0 spiro atoms. The molecule has 0 aliphatic rings. The number of hydrogen-bond donors (Lipinski definition) is 0. The average Bonchev–Trinajstić information content (AvgIpc) is 2.88. The van der Waals surface area contributed by atoms with Crippen LogP contribution in [0, 0.1) is 20.8 Å². The molecule has 0 bridgehead atoms. The van der Waals surface area contributed by atoms with Crippen LogP contribution in [0.2, 0.25) is 0 Å². The fraction of sp³-hybridized carbons (Fsp3) is 0.500. The van der Waals surface area contributed by atoms with Crippen molar-refractivity contribution in [1.82, 2.24) is 0 Å². The molecule has 3 aromatic rings. The van der Waals surface area contributed by atoms with Crippen LogP contribution in [0.15, 0.2) is 73.6 Å². The van der Waals surface area contributed by atoms with Crippen LogP contribution in [-0.2, 0) is 19.6 Å². The molecule has 0 fully saturated rings. The molecule has 6 nitrogen and oxygen atoms in total. The Morgan fingerprint density at radius 3 is 0.838 bits per heavy atom. The van der Waals surface area contributed by atoms with Crippen molar-refractivity contribution in [3.63, 3.8) is 0 Å². The van der Waals surface area contributed by atoms with Crippen LogP contribution >= 0.6 is 0 Å². The fourth-order valence-electron chi connectivity index (χ4n) is 3.06. The van der Waals surface area contributed by atoms with Gasteiger partial charge in [-0.2, -0.15) is 0 Å². The lowest BCUT2D eigenvalue weighted by atomic mass is 10.3. The number of aryl methyl sites for hydroxylation is 6. The molecule has 0 aliphatic heterocycles. The van der Waals surface area contributed by atoms with E-state index in [9.17, 15) is 0 Å². The molecule has 0 saturated carbocycles. The Morgan fingerprint density at radius 1 is 0.486 bits per heavy atom. The standard InChI is InChI=1S/3C10H16N.BO3/c3*1-3-4-7-11-8-5-10(2)6-9-11;2-1(3)4/h3*5-6,8-9H,3-4,7H2,1-2H3;/q3*+1;-3. The zero-order valence-corrected chi connectivity index (χ0v) is 23.9. The first kappa shape index (κ1) is 34.4. The normalized spacial score (nSPS) is 9.65. The van der Waals surface area contributed by atoms with E-state index in [4.69, 9.17) is 15.1 Å². The van der Waals surface area contributed by atoms with E-state index < -0.39 is 7.32 Å². The van der Waals surface area contributed by atoms with Crippen molar-refractivity contribution in [3.8, 4) is 0 Å². The molecule has 0 amide bonds. The second-order valence-corrected chi connectivity index (χ2v) is 9.19. The van der Waals surface area contributed by atoms with Gasteiger partial charge in [0, 0.05) is 55.7 Å². The van der Waals surface area contributed by atoms with Crippen LogP contribution in [-0.4, -0.2) is 7.32 Å². The van der Waals surface area contributed by atoms with Gasteiger partial charge in [0.2, 0.25) is 0 Å². The lowest BCUT2D eigenvalue weighted by Crippen LogP contribution is -2.56. The highest BCUT2D eigenvalue weighted by atomic mass is 16.5. The lowest BCUT2D eigenvalue weighted by Gasteiger charge is -2.35. The summed E-state index contributed by atoms with van der Waals surface area (Å²) < 4.78 is 6.70. The van der Waals surface area contributed by atoms with Gasteiger partial charge in [0.05, 0.1) is 0 Å². The van der Waals surface area contributed by atoms with Crippen LogP contribution in [0.1, 0.15) is 76.0 Å². The van der Waals surface area contributed by atoms with Gasteiger partial charge in [-0.1, -0.05) is 40.0 Å². The summed E-state index contributed by atoms with van der Waals surface area (Å²) in [5.41, 5.74) is 3.99. The molecule has 37 heavy (non-hydrogen) atoms. The third-order valence-corrected chi connectivity index (χ3v) is 5.48. The molecule has 0 N–H and O–H groups in total. The summed E-state index contributed by atoms with van der Waals surface area (Å²) in [7, 11) is -2.92. The predicted molar refractivity (Wildman–Crippen MR) is 145 cm³/mol. The van der Waals surface area contributed by atoms with Gasteiger partial charge in [-0.15, -0.1) is 0 Å². The third kappa shape index (κ3) is 21.2. The van der Waals surface area contributed by atoms with Gasteiger partial charge in [-0.25, -0.2) is 13.7 Å². The van der Waals surface area contributed by atoms with Gasteiger partial charge in [0.25, 0.3) is 0 Å². The van der Waals surface area contributed by atoms with Crippen molar-refractivity contribution in [2.24, 2.45) is 0 Å². The van der Waals surface area contributed by atoms with Crippen molar-refractivity contribution in [2.75, 3.05) is 0 Å². The topological polar surface area (TPSA) is 80.8 Å². The van der Waals surface area contributed by atoms with E-state index in [0.29, 0.717) is 0 Å². The molecule has 0 unspecified atom stereocenters. The smallest absolute Gasteiger partial charge is 0.169 e. The molecule has 3 rings (SSSR count). The number of aromatic nitrogens is 3. The van der Waals surface area contributed by atoms with Crippen LogP contribution in [0.3, 0.4) is 0 Å². The highest BCUT2D eigenvalue weighted by Gasteiger charge is 1.97. The summed E-state index contributed by atoms with van der Waals surface area (Å²) in [6.07, 6.45) is 20.5. The fourth-order valence-corrected chi connectivity index (χ4v) is 3.06. The second-order valence-electron chi connectivity index (χ2n) is 9.19. The van der Waals surface area contributed by atoms with Gasteiger partial charge < -0.3 is 15.1 Å². The summed E-state index contributed by atoms with van der Waals surface area (Å²) in [5, 5.41) is 25.2. The number of unbranched alkanes of at least 4 members (excludes halogenated alkanes) is 3. The van der Waals surface area contributed by atoms with Crippen molar-refractivity contribution < 1.29 is 28.8 Å². The molecule has 0 aliphatic carbocycles. The molecule has 0 atom stereocenters. The summed E-state index contributed by atoms with van der Waals surface area (Å²) in [4.78, 5) is 0. The number of hydrogen-bond acceptors (Lipinski definition) is 3. The van der Waals surface area contributed by atoms with E-state index in [1.807, 2.05) is 0 Å². The largest absolute Gasteiger partial charge is 0.907 e. The summed E-state index contributed by atoms with van der Waals surface area (Å²) in [6.45, 7) is 16.4. The Kier molecular flexibility index (Phi) is 21.0. The van der Waals surface area contributed by atoms with Gasteiger partial charge in [-0.05, 0) is 37.5 Å². The van der Waals surface area contributed by atoms with Gasteiger partial charge in [0.1, 0.15) is 19.6 Å². The van der Waals surface area contributed by atoms with Crippen molar-refractivity contribution >= 4 is 7.32 Å². The molecular weight excluding hydrogens is 461 g/mol. The monoisotopic (exact) mass is 509 g/mol. The van der Waals surface area contributed by atoms with Crippen LogP contribution in [0.25, 0.3) is 0 Å². The summed E-state index contributed by atoms with van der Waals surface area (Å²) in [6, 6.07) is 12.9. The lowest BCUT2D eigenvalue weighted by molar-refractivity contribution is -0.697. The predicted octanol–water partition coefficient (Wildman–Crippen LogP) is 2.30. The minimum Gasteiger partial charge on any atom is -0.907 e. The zero-order valence-electron chi connectivity index (χ0n) is 23.9. The van der Waals surface area contributed by atoms with Crippen LogP contribution in [0.5, 0.6) is 0 Å². The van der Waals surface area contributed by atoms with Crippen molar-refractivity contribution in [1.29, 1.82) is 0 Å². The van der Waals surface area contributed by atoms with E-state index in [-0.39, 0.29) is 0 Å². The van der Waals surface area contributed by atoms with Crippen LogP contribution < -0.4 is 28.8 Å². The SMILES string of the molecule is CCCC[n+]1ccc(C)cc1.CCCC[n+]1ccc(C)cc1.CCCC[n+]1ccc(C)cc1.[O-]B([O-])[O-]. The molecule has 0 saturated heterocycles. The van der Waals surface area contributed by atoms with E-state index in [2.05, 4.69) is 129 Å².